The van der Waals surface area contributed by atoms with Crippen LogP contribution in [0.2, 0.25) is 0 Å². The van der Waals surface area contributed by atoms with Crippen molar-refractivity contribution in [3.8, 4) is 23.3 Å². The topological polar surface area (TPSA) is 174 Å². The predicted octanol–water partition coefficient (Wildman–Crippen LogP) is 0.745. The number of benzene rings is 1. The molecule has 0 unspecified atom stereocenters. The first-order valence-corrected chi connectivity index (χ1v) is 9.33. The molecule has 2 aromatic heterocycles. The fourth-order valence-corrected chi connectivity index (χ4v) is 2.90. The number of hydroxylamine groups is 1. The van der Waals surface area contributed by atoms with E-state index in [1.54, 1.807) is 24.3 Å². The molecular weight excluding hydrogens is 404 g/mol. The smallest absolute Gasteiger partial charge is 0.284 e. The van der Waals surface area contributed by atoms with Gasteiger partial charge in [-0.3, -0.25) is 14.7 Å². The molecule has 0 spiro atoms. The molecule has 12 heteroatoms. The van der Waals surface area contributed by atoms with E-state index in [2.05, 4.69) is 36.7 Å². The molecule has 0 radical (unpaired) electrons. The molecule has 1 atom stereocenters. The molecule has 0 bridgehead atoms. The first-order chi connectivity index (χ1) is 15.1. The first kappa shape index (κ1) is 20.2. The van der Waals surface area contributed by atoms with Gasteiger partial charge in [0.2, 0.25) is 5.88 Å². The number of nitrogens with two attached hydrogens (primary N) is 1. The van der Waals surface area contributed by atoms with Crippen molar-refractivity contribution in [2.45, 2.75) is 19.1 Å². The molecule has 158 valence electrons. The number of nitrogens with zero attached hydrogens (tertiary/aromatic N) is 5. The lowest BCUT2D eigenvalue weighted by atomic mass is 10.1. The summed E-state index contributed by atoms with van der Waals surface area (Å²) >= 11 is 0. The molecule has 31 heavy (non-hydrogen) atoms. The number of carbonyl (C=O) groups is 1. The van der Waals surface area contributed by atoms with Crippen LogP contribution in [0.25, 0.3) is 11.4 Å². The molecule has 1 saturated heterocycles. The SMILES string of the molecule is N#Cc1cccc(-c2nc(N)c(C(=O)NOCc3ncn[nH]3)c(O[C@H]3CCOC3)n2)c1. The largest absolute Gasteiger partial charge is 0.471 e. The highest BCUT2D eigenvalue weighted by molar-refractivity contribution is 6.00. The summed E-state index contributed by atoms with van der Waals surface area (Å²) in [6.07, 6.45) is 1.68. The van der Waals surface area contributed by atoms with Crippen LogP contribution in [-0.2, 0) is 16.2 Å². The molecule has 1 aliphatic rings. The van der Waals surface area contributed by atoms with Gasteiger partial charge >= 0.3 is 0 Å². The Morgan fingerprint density at radius 2 is 2.32 bits per heavy atom. The van der Waals surface area contributed by atoms with Crippen LogP contribution in [0.3, 0.4) is 0 Å². The van der Waals surface area contributed by atoms with E-state index in [0.29, 0.717) is 36.6 Å². The maximum atomic E-state index is 12.7. The van der Waals surface area contributed by atoms with Gasteiger partial charge in [0.1, 0.15) is 30.4 Å². The number of aromatic nitrogens is 5. The number of anilines is 1. The summed E-state index contributed by atoms with van der Waals surface area (Å²) in [4.78, 5) is 30.4. The van der Waals surface area contributed by atoms with Gasteiger partial charge in [0.15, 0.2) is 11.6 Å². The van der Waals surface area contributed by atoms with E-state index in [9.17, 15) is 4.79 Å². The molecular formula is C19H18N8O4. The van der Waals surface area contributed by atoms with Gasteiger partial charge in [-0.15, -0.1) is 0 Å². The number of nitrogens with one attached hydrogen (secondary N) is 2. The number of H-pyrrole nitrogens is 1. The van der Waals surface area contributed by atoms with Crippen LogP contribution in [0.5, 0.6) is 5.88 Å². The van der Waals surface area contributed by atoms with E-state index in [4.69, 9.17) is 25.3 Å². The molecule has 3 aromatic rings. The van der Waals surface area contributed by atoms with E-state index in [0.717, 1.165) is 0 Å². The summed E-state index contributed by atoms with van der Waals surface area (Å²) in [6, 6.07) is 8.78. The normalized spacial score (nSPS) is 15.4. The Morgan fingerprint density at radius 1 is 1.42 bits per heavy atom. The number of ether oxygens (including phenoxy) is 2. The van der Waals surface area contributed by atoms with Crippen LogP contribution >= 0.6 is 0 Å². The van der Waals surface area contributed by atoms with Gasteiger partial charge in [-0.1, -0.05) is 12.1 Å². The zero-order valence-electron chi connectivity index (χ0n) is 16.2. The minimum Gasteiger partial charge on any atom is -0.471 e. The third-order valence-electron chi connectivity index (χ3n) is 4.39. The van der Waals surface area contributed by atoms with Crippen molar-refractivity contribution in [1.29, 1.82) is 5.26 Å². The van der Waals surface area contributed by atoms with Crippen molar-refractivity contribution in [1.82, 2.24) is 30.6 Å². The van der Waals surface area contributed by atoms with Gasteiger partial charge in [0.05, 0.1) is 24.8 Å². The molecule has 3 heterocycles. The summed E-state index contributed by atoms with van der Waals surface area (Å²) in [5.74, 6) is -0.120. The first-order valence-electron chi connectivity index (χ1n) is 9.33. The second-order valence-electron chi connectivity index (χ2n) is 6.56. The van der Waals surface area contributed by atoms with Gasteiger partial charge in [-0.25, -0.2) is 15.4 Å². The Balaban J connectivity index is 1.62. The Morgan fingerprint density at radius 3 is 3.06 bits per heavy atom. The van der Waals surface area contributed by atoms with Crippen LogP contribution in [-0.4, -0.2) is 50.4 Å². The lowest BCUT2D eigenvalue weighted by Gasteiger charge is -2.16. The summed E-state index contributed by atoms with van der Waals surface area (Å²) in [5.41, 5.74) is 9.31. The van der Waals surface area contributed by atoms with Crippen molar-refractivity contribution in [3.63, 3.8) is 0 Å². The molecule has 1 amide bonds. The van der Waals surface area contributed by atoms with Crippen LogP contribution in [0.15, 0.2) is 30.6 Å². The van der Waals surface area contributed by atoms with Crippen LogP contribution in [0.4, 0.5) is 5.82 Å². The molecule has 0 aliphatic carbocycles. The number of nitrogen functional groups attached to an aromatic ring is 1. The average Bonchev–Trinajstić information content (AvgIpc) is 3.48. The van der Waals surface area contributed by atoms with E-state index < -0.39 is 5.91 Å². The Hall–Kier alpha value is -4.08. The lowest BCUT2D eigenvalue weighted by molar-refractivity contribution is 0.0206. The quantitative estimate of drug-likeness (QED) is 0.461. The average molecular weight is 422 g/mol. The summed E-state index contributed by atoms with van der Waals surface area (Å²) in [7, 11) is 0. The summed E-state index contributed by atoms with van der Waals surface area (Å²) in [5, 5.41) is 15.4. The molecule has 1 aliphatic heterocycles. The van der Waals surface area contributed by atoms with Gasteiger partial charge in [-0.05, 0) is 12.1 Å². The van der Waals surface area contributed by atoms with Crippen molar-refractivity contribution in [2.75, 3.05) is 18.9 Å². The van der Waals surface area contributed by atoms with Crippen LogP contribution in [0.1, 0.15) is 28.2 Å². The van der Waals surface area contributed by atoms with Crippen molar-refractivity contribution < 1.29 is 19.1 Å². The van der Waals surface area contributed by atoms with Gasteiger partial charge in [0, 0.05) is 12.0 Å². The van der Waals surface area contributed by atoms with E-state index >= 15 is 0 Å². The number of nitriles is 1. The molecule has 12 nitrogen and oxygen atoms in total. The Kier molecular flexibility index (Phi) is 5.97. The second kappa shape index (κ2) is 9.16. The van der Waals surface area contributed by atoms with Crippen molar-refractivity contribution in [2.24, 2.45) is 0 Å². The minimum atomic E-state index is -0.678. The number of hydrogen-bond acceptors (Lipinski definition) is 10. The van der Waals surface area contributed by atoms with Gasteiger partial charge in [-0.2, -0.15) is 15.3 Å². The van der Waals surface area contributed by atoms with E-state index in [1.807, 2.05) is 0 Å². The highest BCUT2D eigenvalue weighted by Gasteiger charge is 2.26. The van der Waals surface area contributed by atoms with Crippen LogP contribution in [0, 0.1) is 11.3 Å². The number of carbonyl (C=O) groups excluding carboxylic acids is 1. The molecule has 1 aromatic carbocycles. The number of rotatable bonds is 7. The minimum absolute atomic E-state index is 0.00104. The lowest BCUT2D eigenvalue weighted by Crippen LogP contribution is -2.28. The predicted molar refractivity (Wildman–Crippen MR) is 105 cm³/mol. The number of hydrogen-bond donors (Lipinski definition) is 3. The summed E-state index contributed by atoms with van der Waals surface area (Å²) in [6.45, 7) is 0.883. The van der Waals surface area contributed by atoms with Crippen molar-refractivity contribution in [3.05, 3.63) is 47.5 Å². The number of aromatic amines is 1. The van der Waals surface area contributed by atoms with Gasteiger partial charge < -0.3 is 15.2 Å². The fourth-order valence-electron chi connectivity index (χ4n) is 2.90. The zero-order chi connectivity index (χ0) is 21.6. The molecule has 0 saturated carbocycles. The number of amides is 1. The Bertz CT molecular complexity index is 1110. The van der Waals surface area contributed by atoms with Crippen LogP contribution < -0.4 is 16.0 Å². The molecule has 1 fully saturated rings. The summed E-state index contributed by atoms with van der Waals surface area (Å²) < 4.78 is 11.2. The van der Waals surface area contributed by atoms with E-state index in [-0.39, 0.29) is 35.8 Å². The Labute approximate surface area is 176 Å². The van der Waals surface area contributed by atoms with E-state index in [1.165, 1.54) is 6.33 Å². The maximum absolute atomic E-state index is 12.7. The monoisotopic (exact) mass is 422 g/mol. The maximum Gasteiger partial charge on any atom is 0.284 e. The highest BCUT2D eigenvalue weighted by atomic mass is 16.7. The zero-order valence-corrected chi connectivity index (χ0v) is 16.2. The third-order valence-corrected chi connectivity index (χ3v) is 4.39. The standard InChI is InChI=1S/C19H18N8O4/c20-7-11-2-1-3-12(6-11)17-24-16(21)15(19(25-17)31-13-4-5-29-8-13)18(28)27-30-9-14-22-10-23-26-14/h1-3,6,10,13H,4-5,8-9H2,(H,27,28)(H2,21,24,25)(H,22,23,26)/t13-/m0/s1. The fraction of sp³-hybridized carbons (Fsp3) is 0.263. The molecule has 4 N–H and O–H groups in total. The van der Waals surface area contributed by atoms with Crippen molar-refractivity contribution >= 4 is 11.7 Å². The second-order valence-corrected chi connectivity index (χ2v) is 6.56. The highest BCUT2D eigenvalue weighted by Crippen LogP contribution is 2.28. The van der Waals surface area contributed by atoms with Gasteiger partial charge in [0.25, 0.3) is 5.91 Å². The third kappa shape index (κ3) is 4.74. The molecule has 4 rings (SSSR count).